The minimum Gasteiger partial charge on any atom is -0.493 e. The lowest BCUT2D eigenvalue weighted by molar-refractivity contribution is 0.249. The van der Waals surface area contributed by atoms with E-state index in [4.69, 9.17) is 15.2 Å². The van der Waals surface area contributed by atoms with Gasteiger partial charge in [-0.05, 0) is 29.3 Å². The lowest BCUT2D eigenvalue weighted by Gasteiger charge is -2.11. The molecule has 0 aliphatic heterocycles. The topological polar surface area (TPSA) is 85.9 Å². The highest BCUT2D eigenvalue weighted by molar-refractivity contribution is 5.82. The first-order chi connectivity index (χ1) is 11.2. The van der Waals surface area contributed by atoms with Crippen LogP contribution in [0.4, 0.5) is 4.79 Å². The third-order valence-electron chi connectivity index (χ3n) is 3.07. The quantitative estimate of drug-likeness (QED) is 0.607. The normalized spacial score (nSPS) is 10.5. The standard InChI is InChI=1S/C17H19N3O3/c1-22-16-11-14(12-19-20-17(18)21)7-8-15(16)23-10-9-13-5-3-2-4-6-13/h2-8,11-12H,9-10H2,1H3,(H3,18,20,21). The van der Waals surface area contributed by atoms with Crippen LogP contribution in [0.1, 0.15) is 11.1 Å². The van der Waals surface area contributed by atoms with Crippen LogP contribution in [0.15, 0.2) is 53.6 Å². The van der Waals surface area contributed by atoms with Gasteiger partial charge in [0, 0.05) is 6.42 Å². The number of hydrazone groups is 1. The van der Waals surface area contributed by atoms with Crippen LogP contribution < -0.4 is 20.6 Å². The molecule has 0 radical (unpaired) electrons. The van der Waals surface area contributed by atoms with Gasteiger partial charge in [-0.3, -0.25) is 0 Å². The van der Waals surface area contributed by atoms with Crippen LogP contribution >= 0.6 is 0 Å². The largest absolute Gasteiger partial charge is 0.493 e. The number of carbonyl (C=O) groups is 1. The highest BCUT2D eigenvalue weighted by Crippen LogP contribution is 2.27. The third-order valence-corrected chi connectivity index (χ3v) is 3.07. The van der Waals surface area contributed by atoms with E-state index < -0.39 is 6.03 Å². The summed E-state index contributed by atoms with van der Waals surface area (Å²) < 4.78 is 11.1. The van der Waals surface area contributed by atoms with Crippen molar-refractivity contribution in [3.63, 3.8) is 0 Å². The molecule has 0 aliphatic carbocycles. The lowest BCUT2D eigenvalue weighted by atomic mass is 10.2. The van der Waals surface area contributed by atoms with Crippen LogP contribution in [0.5, 0.6) is 11.5 Å². The van der Waals surface area contributed by atoms with Crippen LogP contribution in [-0.2, 0) is 6.42 Å². The maximum absolute atomic E-state index is 10.6. The van der Waals surface area contributed by atoms with Crippen molar-refractivity contribution in [2.45, 2.75) is 6.42 Å². The molecule has 2 aromatic rings. The van der Waals surface area contributed by atoms with E-state index in [1.807, 2.05) is 24.3 Å². The molecule has 0 spiro atoms. The molecule has 0 aliphatic rings. The monoisotopic (exact) mass is 313 g/mol. The third kappa shape index (κ3) is 5.35. The maximum atomic E-state index is 10.6. The molecule has 2 rings (SSSR count). The molecule has 3 N–H and O–H groups in total. The first-order valence-electron chi connectivity index (χ1n) is 7.12. The van der Waals surface area contributed by atoms with Crippen molar-refractivity contribution >= 4 is 12.2 Å². The van der Waals surface area contributed by atoms with Crippen molar-refractivity contribution in [2.24, 2.45) is 10.8 Å². The summed E-state index contributed by atoms with van der Waals surface area (Å²) >= 11 is 0. The van der Waals surface area contributed by atoms with Gasteiger partial charge in [0.15, 0.2) is 11.5 Å². The van der Waals surface area contributed by atoms with Gasteiger partial charge in [-0.15, -0.1) is 0 Å². The Kier molecular flexibility index (Phi) is 5.99. The second kappa shape index (κ2) is 8.43. The molecule has 0 bridgehead atoms. The molecule has 0 unspecified atom stereocenters. The molecule has 23 heavy (non-hydrogen) atoms. The summed E-state index contributed by atoms with van der Waals surface area (Å²) in [5.41, 5.74) is 9.04. The van der Waals surface area contributed by atoms with E-state index in [9.17, 15) is 4.79 Å². The van der Waals surface area contributed by atoms with E-state index in [1.54, 1.807) is 19.2 Å². The molecule has 6 nitrogen and oxygen atoms in total. The highest BCUT2D eigenvalue weighted by atomic mass is 16.5. The zero-order valence-corrected chi connectivity index (χ0v) is 12.9. The molecule has 2 aromatic carbocycles. The fourth-order valence-corrected chi connectivity index (χ4v) is 1.98. The Bertz CT molecular complexity index is 672. The summed E-state index contributed by atoms with van der Waals surface area (Å²) in [7, 11) is 1.57. The summed E-state index contributed by atoms with van der Waals surface area (Å²) in [6, 6.07) is 14.8. The summed E-state index contributed by atoms with van der Waals surface area (Å²) in [6.07, 6.45) is 2.29. The van der Waals surface area contributed by atoms with Gasteiger partial charge in [-0.2, -0.15) is 5.10 Å². The molecular formula is C17H19N3O3. The van der Waals surface area contributed by atoms with Crippen LogP contribution in [0.2, 0.25) is 0 Å². The summed E-state index contributed by atoms with van der Waals surface area (Å²) in [6.45, 7) is 0.553. The van der Waals surface area contributed by atoms with Crippen molar-refractivity contribution in [1.82, 2.24) is 5.43 Å². The Morgan fingerprint density at radius 3 is 2.70 bits per heavy atom. The van der Waals surface area contributed by atoms with Gasteiger partial charge in [0.2, 0.25) is 0 Å². The number of methoxy groups -OCH3 is 1. The highest BCUT2D eigenvalue weighted by Gasteiger charge is 2.05. The van der Waals surface area contributed by atoms with Crippen LogP contribution in [0.3, 0.4) is 0 Å². The number of nitrogens with one attached hydrogen (secondary N) is 1. The van der Waals surface area contributed by atoms with Crippen LogP contribution in [0.25, 0.3) is 0 Å². The van der Waals surface area contributed by atoms with Gasteiger partial charge >= 0.3 is 6.03 Å². The molecule has 0 atom stereocenters. The van der Waals surface area contributed by atoms with Gasteiger partial charge in [0.1, 0.15) is 0 Å². The van der Waals surface area contributed by atoms with E-state index in [1.165, 1.54) is 11.8 Å². The van der Waals surface area contributed by atoms with Crippen LogP contribution in [0, 0.1) is 0 Å². The van der Waals surface area contributed by atoms with Gasteiger partial charge in [0.05, 0.1) is 19.9 Å². The maximum Gasteiger partial charge on any atom is 0.332 e. The molecule has 0 aromatic heterocycles. The molecule has 0 saturated heterocycles. The molecule has 0 heterocycles. The number of primary amides is 1. The summed E-state index contributed by atoms with van der Waals surface area (Å²) in [4.78, 5) is 10.6. The number of carbonyl (C=O) groups excluding carboxylic acids is 1. The number of nitrogens with two attached hydrogens (primary N) is 1. The number of ether oxygens (including phenoxy) is 2. The number of benzene rings is 2. The lowest BCUT2D eigenvalue weighted by Crippen LogP contribution is -2.24. The Balaban J connectivity index is 1.96. The zero-order chi connectivity index (χ0) is 16.5. The number of urea groups is 1. The number of nitrogens with zero attached hydrogens (tertiary/aromatic N) is 1. The Morgan fingerprint density at radius 1 is 1.22 bits per heavy atom. The van der Waals surface area contributed by atoms with Gasteiger partial charge in [-0.1, -0.05) is 30.3 Å². The molecule has 120 valence electrons. The number of rotatable bonds is 7. The number of amides is 2. The zero-order valence-electron chi connectivity index (χ0n) is 12.9. The first kappa shape index (κ1) is 16.4. The van der Waals surface area contributed by atoms with Gasteiger partial charge in [0.25, 0.3) is 0 Å². The van der Waals surface area contributed by atoms with Crippen LogP contribution in [-0.4, -0.2) is 26.0 Å². The van der Waals surface area contributed by atoms with Crippen molar-refractivity contribution < 1.29 is 14.3 Å². The predicted octanol–water partition coefficient (Wildman–Crippen LogP) is 2.32. The smallest absolute Gasteiger partial charge is 0.332 e. The minimum atomic E-state index is -0.714. The van der Waals surface area contributed by atoms with Crippen molar-refractivity contribution in [1.29, 1.82) is 0 Å². The average molecular weight is 313 g/mol. The molecule has 0 fully saturated rings. The second-order valence-electron chi connectivity index (χ2n) is 4.73. The Hall–Kier alpha value is -3.02. The van der Waals surface area contributed by atoms with E-state index in [2.05, 4.69) is 22.7 Å². The Morgan fingerprint density at radius 2 is 2.00 bits per heavy atom. The van der Waals surface area contributed by atoms with E-state index in [0.717, 1.165) is 12.0 Å². The van der Waals surface area contributed by atoms with Crippen molar-refractivity contribution in [3.05, 3.63) is 59.7 Å². The number of hydrogen-bond acceptors (Lipinski definition) is 4. The average Bonchev–Trinajstić information content (AvgIpc) is 2.56. The van der Waals surface area contributed by atoms with E-state index in [-0.39, 0.29) is 0 Å². The fourth-order valence-electron chi connectivity index (χ4n) is 1.98. The predicted molar refractivity (Wildman–Crippen MR) is 88.9 cm³/mol. The van der Waals surface area contributed by atoms with Gasteiger partial charge in [-0.25, -0.2) is 10.2 Å². The minimum absolute atomic E-state index is 0.553. The summed E-state index contributed by atoms with van der Waals surface area (Å²) in [5, 5.41) is 3.70. The van der Waals surface area contributed by atoms with Crippen molar-refractivity contribution in [3.8, 4) is 11.5 Å². The second-order valence-corrected chi connectivity index (χ2v) is 4.73. The molecule has 2 amide bonds. The Labute approximate surface area is 134 Å². The number of hydrogen-bond donors (Lipinski definition) is 2. The molecular weight excluding hydrogens is 294 g/mol. The van der Waals surface area contributed by atoms with Crippen molar-refractivity contribution in [2.75, 3.05) is 13.7 Å². The molecule has 6 heteroatoms. The summed E-state index contributed by atoms with van der Waals surface area (Å²) in [5.74, 6) is 1.25. The van der Waals surface area contributed by atoms with Gasteiger partial charge < -0.3 is 15.2 Å². The fraction of sp³-hybridized carbons (Fsp3) is 0.176. The van der Waals surface area contributed by atoms with E-state index in [0.29, 0.717) is 18.1 Å². The van der Waals surface area contributed by atoms with E-state index >= 15 is 0 Å². The first-order valence-corrected chi connectivity index (χ1v) is 7.12. The SMILES string of the molecule is COc1cc(C=NNC(N)=O)ccc1OCCc1ccccc1. The molecule has 0 saturated carbocycles.